The Morgan fingerprint density at radius 1 is 0.787 bits per heavy atom. The summed E-state index contributed by atoms with van der Waals surface area (Å²) in [6.45, 7) is 9.69. The number of nitrogens with one attached hydrogen (secondary N) is 1. The van der Waals surface area contributed by atoms with Gasteiger partial charge in [-0.15, -0.1) is 0 Å². The van der Waals surface area contributed by atoms with Gasteiger partial charge in [0, 0.05) is 19.0 Å². The minimum Gasteiger partial charge on any atom is -0.494 e. The molecule has 4 aromatic rings. The predicted molar refractivity (Wildman–Crippen MR) is 187 cm³/mol. The van der Waals surface area contributed by atoms with E-state index in [4.69, 9.17) is 4.74 Å². The highest BCUT2D eigenvalue weighted by atomic mass is 32.2. The number of aryl methyl sites for hydroxylation is 2. The van der Waals surface area contributed by atoms with E-state index in [-0.39, 0.29) is 29.8 Å². The maximum Gasteiger partial charge on any atom is 0.264 e. The zero-order valence-electron chi connectivity index (χ0n) is 27.8. The molecule has 0 saturated heterocycles. The number of rotatable bonds is 15. The fraction of sp³-hybridized carbons (Fsp3) is 0.316. The van der Waals surface area contributed by atoms with Crippen molar-refractivity contribution in [3.8, 4) is 5.75 Å². The molecule has 47 heavy (non-hydrogen) atoms. The molecule has 2 unspecified atom stereocenters. The molecule has 2 atom stereocenters. The molecule has 0 fully saturated rings. The second-order valence-corrected chi connectivity index (χ2v) is 13.6. The molecule has 0 aromatic heterocycles. The number of amides is 2. The van der Waals surface area contributed by atoms with E-state index in [1.54, 1.807) is 48.5 Å². The van der Waals surface area contributed by atoms with Crippen LogP contribution in [0, 0.1) is 13.8 Å². The smallest absolute Gasteiger partial charge is 0.264 e. The van der Waals surface area contributed by atoms with E-state index in [0.29, 0.717) is 18.0 Å². The minimum absolute atomic E-state index is 0.0604. The van der Waals surface area contributed by atoms with Crippen molar-refractivity contribution in [3.05, 3.63) is 125 Å². The average Bonchev–Trinajstić information content (AvgIpc) is 3.07. The lowest BCUT2D eigenvalue weighted by molar-refractivity contribution is -0.140. The Bertz CT molecular complexity index is 1710. The van der Waals surface area contributed by atoms with Crippen LogP contribution in [0.2, 0.25) is 0 Å². The predicted octanol–water partition coefficient (Wildman–Crippen LogP) is 6.45. The molecular weight excluding hydrogens is 611 g/mol. The molecule has 0 aliphatic rings. The Balaban J connectivity index is 1.80. The number of hydrogen-bond donors (Lipinski definition) is 1. The van der Waals surface area contributed by atoms with Crippen molar-refractivity contribution in [2.24, 2.45) is 0 Å². The lowest BCUT2D eigenvalue weighted by Crippen LogP contribution is -2.54. The highest BCUT2D eigenvalue weighted by Crippen LogP contribution is 2.27. The average molecular weight is 656 g/mol. The van der Waals surface area contributed by atoms with Gasteiger partial charge in [-0.25, -0.2) is 8.42 Å². The highest BCUT2D eigenvalue weighted by molar-refractivity contribution is 7.92. The van der Waals surface area contributed by atoms with Gasteiger partial charge in [-0.2, -0.15) is 0 Å². The number of ether oxygens (including phenoxy) is 1. The van der Waals surface area contributed by atoms with Crippen LogP contribution in [0.25, 0.3) is 0 Å². The normalized spacial score (nSPS) is 12.5. The molecule has 8 nitrogen and oxygen atoms in total. The van der Waals surface area contributed by atoms with Crippen LogP contribution in [-0.4, -0.2) is 50.4 Å². The van der Waals surface area contributed by atoms with Crippen molar-refractivity contribution in [1.29, 1.82) is 0 Å². The second-order valence-electron chi connectivity index (χ2n) is 11.8. The number of hydrogen-bond acceptors (Lipinski definition) is 5. The Morgan fingerprint density at radius 3 is 1.96 bits per heavy atom. The third-order valence-corrected chi connectivity index (χ3v) is 9.86. The van der Waals surface area contributed by atoms with Crippen molar-refractivity contribution < 1.29 is 22.7 Å². The van der Waals surface area contributed by atoms with Gasteiger partial charge in [0.05, 0.1) is 17.2 Å². The first kappa shape index (κ1) is 35.2. The van der Waals surface area contributed by atoms with Gasteiger partial charge < -0.3 is 15.0 Å². The number of sulfonamides is 1. The summed E-state index contributed by atoms with van der Waals surface area (Å²) in [6, 6.07) is 29.5. The first-order valence-electron chi connectivity index (χ1n) is 16.0. The summed E-state index contributed by atoms with van der Waals surface area (Å²) in [5.41, 5.74) is 3.99. The van der Waals surface area contributed by atoms with Crippen LogP contribution in [0.4, 0.5) is 5.69 Å². The molecule has 0 aliphatic carbocycles. The summed E-state index contributed by atoms with van der Waals surface area (Å²) in [6.07, 6.45) is 0.977. The van der Waals surface area contributed by atoms with Gasteiger partial charge in [0.15, 0.2) is 0 Å². The van der Waals surface area contributed by atoms with Gasteiger partial charge in [0.1, 0.15) is 18.3 Å². The van der Waals surface area contributed by atoms with Gasteiger partial charge in [-0.3, -0.25) is 13.9 Å². The number of carbonyl (C=O) groups is 2. The third-order valence-electron chi connectivity index (χ3n) is 8.07. The molecule has 4 aromatic carbocycles. The summed E-state index contributed by atoms with van der Waals surface area (Å²) >= 11 is 0. The quantitative estimate of drug-likeness (QED) is 0.159. The highest BCUT2D eigenvalue weighted by Gasteiger charge is 2.35. The van der Waals surface area contributed by atoms with Crippen molar-refractivity contribution in [2.45, 2.75) is 71.0 Å². The number of anilines is 1. The first-order valence-corrected chi connectivity index (χ1v) is 17.5. The van der Waals surface area contributed by atoms with Crippen LogP contribution in [0.1, 0.15) is 49.4 Å². The van der Waals surface area contributed by atoms with Crippen molar-refractivity contribution >= 4 is 27.5 Å². The van der Waals surface area contributed by atoms with Crippen LogP contribution in [0.5, 0.6) is 5.75 Å². The van der Waals surface area contributed by atoms with Crippen LogP contribution in [0.15, 0.2) is 108 Å². The van der Waals surface area contributed by atoms with Gasteiger partial charge in [0.25, 0.3) is 10.0 Å². The summed E-state index contributed by atoms with van der Waals surface area (Å²) in [5, 5.41) is 3.07. The SMILES string of the molecule is CCOc1ccc(N(CC(=O)N(Cc2ccc(C)cc2)C(Cc2ccccc2)C(=O)NC(C)CC)S(=O)(=O)c2ccc(C)cc2)cc1. The summed E-state index contributed by atoms with van der Waals surface area (Å²) in [4.78, 5) is 30.1. The fourth-order valence-corrected chi connectivity index (χ4v) is 6.54. The Kier molecular flexibility index (Phi) is 12.2. The molecule has 4 rings (SSSR count). The number of benzene rings is 4. The largest absolute Gasteiger partial charge is 0.494 e. The van der Waals surface area contributed by atoms with Gasteiger partial charge in [-0.1, -0.05) is 84.8 Å². The maximum absolute atomic E-state index is 14.6. The monoisotopic (exact) mass is 655 g/mol. The molecule has 9 heteroatoms. The minimum atomic E-state index is -4.19. The fourth-order valence-electron chi connectivity index (χ4n) is 5.13. The molecule has 0 radical (unpaired) electrons. The van der Waals surface area contributed by atoms with E-state index in [9.17, 15) is 18.0 Å². The third kappa shape index (κ3) is 9.45. The van der Waals surface area contributed by atoms with Gasteiger partial charge in [0.2, 0.25) is 11.8 Å². The Labute approximate surface area is 279 Å². The van der Waals surface area contributed by atoms with E-state index in [1.807, 2.05) is 89.2 Å². The molecule has 0 saturated carbocycles. The van der Waals surface area contributed by atoms with E-state index in [2.05, 4.69) is 5.32 Å². The second kappa shape index (κ2) is 16.3. The molecule has 2 amide bonds. The topological polar surface area (TPSA) is 96.0 Å². The first-order chi connectivity index (χ1) is 22.5. The van der Waals surface area contributed by atoms with E-state index in [1.165, 1.54) is 4.90 Å². The van der Waals surface area contributed by atoms with Crippen LogP contribution >= 0.6 is 0 Å². The number of carbonyl (C=O) groups excluding carboxylic acids is 2. The molecule has 0 heterocycles. The van der Waals surface area contributed by atoms with Gasteiger partial charge in [-0.05, 0) is 81.6 Å². The Hall–Kier alpha value is -4.63. The maximum atomic E-state index is 14.6. The zero-order chi connectivity index (χ0) is 34.0. The van der Waals surface area contributed by atoms with E-state index >= 15 is 0 Å². The summed E-state index contributed by atoms with van der Waals surface area (Å²) in [5.74, 6) is -0.214. The lowest BCUT2D eigenvalue weighted by atomic mass is 10.0. The van der Waals surface area contributed by atoms with Crippen LogP contribution in [-0.2, 0) is 32.6 Å². The lowest BCUT2D eigenvalue weighted by Gasteiger charge is -2.34. The zero-order valence-corrected chi connectivity index (χ0v) is 28.7. The van der Waals surface area contributed by atoms with Crippen molar-refractivity contribution in [2.75, 3.05) is 17.5 Å². The van der Waals surface area contributed by atoms with E-state index in [0.717, 1.165) is 33.0 Å². The van der Waals surface area contributed by atoms with Crippen LogP contribution in [0.3, 0.4) is 0 Å². The van der Waals surface area contributed by atoms with Crippen molar-refractivity contribution in [3.63, 3.8) is 0 Å². The molecule has 248 valence electrons. The van der Waals surface area contributed by atoms with E-state index < -0.39 is 28.5 Å². The molecule has 1 N–H and O–H groups in total. The number of nitrogens with zero attached hydrogens (tertiary/aromatic N) is 2. The molecule has 0 bridgehead atoms. The van der Waals surface area contributed by atoms with Gasteiger partial charge >= 0.3 is 0 Å². The standard InChI is InChI=1S/C38H45N3O5S/c1-6-30(5)39-38(43)36(25-31-11-9-8-10-12-31)40(26-32-17-13-28(3)14-18-32)37(42)27-41(33-19-21-34(22-20-33)46-7-2)47(44,45)35-23-15-29(4)16-24-35/h8-24,30,36H,6-7,25-27H2,1-5H3,(H,39,43). The molecule has 0 aliphatic heterocycles. The summed E-state index contributed by atoms with van der Waals surface area (Å²) in [7, 11) is -4.19. The summed E-state index contributed by atoms with van der Waals surface area (Å²) < 4.78 is 35.2. The Morgan fingerprint density at radius 2 is 1.38 bits per heavy atom. The molecular formula is C38H45N3O5S. The van der Waals surface area contributed by atoms with Crippen LogP contribution < -0.4 is 14.4 Å². The van der Waals surface area contributed by atoms with Crippen molar-refractivity contribution in [1.82, 2.24) is 10.2 Å². The molecule has 0 spiro atoms.